The van der Waals surface area contributed by atoms with Crippen LogP contribution in [0.2, 0.25) is 0 Å². The first-order valence-electron chi connectivity index (χ1n) is 7.59. The molecule has 0 aliphatic carbocycles. The van der Waals surface area contributed by atoms with Crippen LogP contribution in [0.4, 0.5) is 0 Å². The van der Waals surface area contributed by atoms with Crippen LogP contribution in [0.3, 0.4) is 0 Å². The molecule has 0 saturated heterocycles. The van der Waals surface area contributed by atoms with Gasteiger partial charge in [0.1, 0.15) is 5.69 Å². The second-order valence-electron chi connectivity index (χ2n) is 4.86. The van der Waals surface area contributed by atoms with E-state index in [4.69, 9.17) is 4.74 Å². The number of ether oxygens (including phenoxy) is 1. The van der Waals surface area contributed by atoms with E-state index in [0.29, 0.717) is 12.3 Å². The van der Waals surface area contributed by atoms with Crippen LogP contribution >= 0.6 is 0 Å². The molecule has 0 aliphatic rings. The lowest BCUT2D eigenvalue weighted by molar-refractivity contribution is 0.0520. The molecule has 1 aromatic heterocycles. The smallest absolute Gasteiger partial charge is 0.361 e. The van der Waals surface area contributed by atoms with Gasteiger partial charge in [-0.3, -0.25) is 4.90 Å². The number of aromatic nitrogens is 3. The van der Waals surface area contributed by atoms with Crippen molar-refractivity contribution in [2.45, 2.75) is 27.3 Å². The second kappa shape index (κ2) is 7.70. The zero-order chi connectivity index (χ0) is 15.9. The average molecular weight is 302 g/mol. The van der Waals surface area contributed by atoms with Gasteiger partial charge in [-0.1, -0.05) is 38.1 Å². The zero-order valence-electron chi connectivity index (χ0n) is 13.3. The van der Waals surface area contributed by atoms with Crippen LogP contribution in [0.15, 0.2) is 24.3 Å². The molecule has 1 N–H and O–H groups in total. The Morgan fingerprint density at radius 2 is 1.91 bits per heavy atom. The average Bonchev–Trinajstić information content (AvgIpc) is 3.02. The van der Waals surface area contributed by atoms with Crippen molar-refractivity contribution >= 4 is 5.97 Å². The largest absolute Gasteiger partial charge is 0.461 e. The van der Waals surface area contributed by atoms with Crippen LogP contribution in [-0.2, 0) is 11.3 Å². The van der Waals surface area contributed by atoms with Crippen molar-refractivity contribution in [1.82, 2.24) is 20.3 Å². The van der Waals surface area contributed by atoms with Crippen LogP contribution in [0.25, 0.3) is 11.3 Å². The van der Waals surface area contributed by atoms with Crippen LogP contribution in [-0.4, -0.2) is 46.0 Å². The van der Waals surface area contributed by atoms with Crippen molar-refractivity contribution in [3.05, 3.63) is 35.5 Å². The monoisotopic (exact) mass is 302 g/mol. The van der Waals surface area contributed by atoms with Crippen molar-refractivity contribution in [2.24, 2.45) is 0 Å². The molecule has 0 bridgehead atoms. The number of H-pyrrole nitrogens is 1. The maximum absolute atomic E-state index is 12.0. The summed E-state index contributed by atoms with van der Waals surface area (Å²) in [4.78, 5) is 14.3. The fraction of sp³-hybridized carbons (Fsp3) is 0.438. The molecule has 0 saturated carbocycles. The SMILES string of the molecule is CCOC(=O)c1n[nH]nc1-c1ccccc1CN(CC)CC. The Bertz CT molecular complexity index is 620. The number of aromatic amines is 1. The standard InChI is InChI=1S/C16H22N4O2/c1-4-20(5-2)11-12-9-7-8-10-13(12)14-15(18-19-17-14)16(21)22-6-3/h7-10H,4-6,11H2,1-3H3,(H,17,18,19). The van der Waals surface area contributed by atoms with Gasteiger partial charge in [-0.25, -0.2) is 4.79 Å². The summed E-state index contributed by atoms with van der Waals surface area (Å²) in [6, 6.07) is 7.94. The molecule has 118 valence electrons. The van der Waals surface area contributed by atoms with E-state index in [9.17, 15) is 4.79 Å². The van der Waals surface area contributed by atoms with Crippen LogP contribution < -0.4 is 0 Å². The fourth-order valence-electron chi connectivity index (χ4n) is 2.34. The molecule has 1 aromatic carbocycles. The normalized spacial score (nSPS) is 10.9. The number of nitrogens with one attached hydrogen (secondary N) is 1. The van der Waals surface area contributed by atoms with Gasteiger partial charge in [0.25, 0.3) is 0 Å². The molecular weight excluding hydrogens is 280 g/mol. The minimum Gasteiger partial charge on any atom is -0.461 e. The Labute approximate surface area is 130 Å². The van der Waals surface area contributed by atoms with E-state index >= 15 is 0 Å². The predicted octanol–water partition coefficient (Wildman–Crippen LogP) is 2.49. The molecule has 0 atom stereocenters. The highest BCUT2D eigenvalue weighted by atomic mass is 16.5. The summed E-state index contributed by atoms with van der Waals surface area (Å²) in [7, 11) is 0. The molecule has 0 radical (unpaired) electrons. The summed E-state index contributed by atoms with van der Waals surface area (Å²) in [6.07, 6.45) is 0. The van der Waals surface area contributed by atoms with E-state index in [-0.39, 0.29) is 5.69 Å². The van der Waals surface area contributed by atoms with Crippen LogP contribution in [0.1, 0.15) is 36.8 Å². The summed E-state index contributed by atoms with van der Waals surface area (Å²) >= 11 is 0. The van der Waals surface area contributed by atoms with Crippen molar-refractivity contribution in [3.63, 3.8) is 0 Å². The van der Waals surface area contributed by atoms with Gasteiger partial charge in [0.15, 0.2) is 5.69 Å². The van der Waals surface area contributed by atoms with Gasteiger partial charge in [-0.15, -0.1) is 5.10 Å². The Hall–Kier alpha value is -2.21. The van der Waals surface area contributed by atoms with Gasteiger partial charge in [-0.2, -0.15) is 10.3 Å². The van der Waals surface area contributed by atoms with E-state index in [2.05, 4.69) is 40.2 Å². The molecule has 6 nitrogen and oxygen atoms in total. The third-order valence-corrected chi connectivity index (χ3v) is 3.58. The van der Waals surface area contributed by atoms with Crippen molar-refractivity contribution in [1.29, 1.82) is 0 Å². The number of nitrogens with zero attached hydrogens (tertiary/aromatic N) is 3. The molecular formula is C16H22N4O2. The van der Waals surface area contributed by atoms with E-state index in [1.807, 2.05) is 18.2 Å². The maximum Gasteiger partial charge on any atom is 0.361 e. The minimum absolute atomic E-state index is 0.230. The maximum atomic E-state index is 12.0. The van der Waals surface area contributed by atoms with Crippen LogP contribution in [0, 0.1) is 0 Å². The number of carbonyl (C=O) groups excluding carboxylic acids is 1. The van der Waals surface area contributed by atoms with Gasteiger partial charge in [0.2, 0.25) is 0 Å². The first-order chi connectivity index (χ1) is 10.7. The highest BCUT2D eigenvalue weighted by Crippen LogP contribution is 2.25. The summed E-state index contributed by atoms with van der Waals surface area (Å²) < 4.78 is 5.04. The zero-order valence-corrected chi connectivity index (χ0v) is 13.3. The quantitative estimate of drug-likeness (QED) is 0.796. The molecule has 0 amide bonds. The molecule has 2 aromatic rings. The summed E-state index contributed by atoms with van der Waals surface area (Å²) in [5, 5.41) is 10.6. The number of carbonyl (C=O) groups is 1. The number of benzene rings is 1. The Morgan fingerprint density at radius 1 is 1.18 bits per heavy atom. The van der Waals surface area contributed by atoms with Crippen molar-refractivity contribution in [2.75, 3.05) is 19.7 Å². The fourth-order valence-corrected chi connectivity index (χ4v) is 2.34. The Kier molecular flexibility index (Phi) is 5.66. The van der Waals surface area contributed by atoms with Gasteiger partial charge in [0, 0.05) is 12.1 Å². The highest BCUT2D eigenvalue weighted by molar-refractivity contribution is 5.94. The lowest BCUT2D eigenvalue weighted by Crippen LogP contribution is -2.22. The Morgan fingerprint density at radius 3 is 2.59 bits per heavy atom. The molecule has 6 heteroatoms. The lowest BCUT2D eigenvalue weighted by atomic mass is 10.0. The highest BCUT2D eigenvalue weighted by Gasteiger charge is 2.21. The number of hydrogen-bond acceptors (Lipinski definition) is 5. The summed E-state index contributed by atoms with van der Waals surface area (Å²) in [5.74, 6) is -0.455. The van der Waals surface area contributed by atoms with Gasteiger partial charge in [-0.05, 0) is 25.6 Å². The molecule has 0 aliphatic heterocycles. The van der Waals surface area contributed by atoms with E-state index in [0.717, 1.165) is 30.8 Å². The van der Waals surface area contributed by atoms with E-state index < -0.39 is 5.97 Å². The third kappa shape index (κ3) is 3.51. The minimum atomic E-state index is -0.455. The molecule has 1 heterocycles. The van der Waals surface area contributed by atoms with Gasteiger partial charge < -0.3 is 4.74 Å². The number of rotatable bonds is 7. The van der Waals surface area contributed by atoms with E-state index in [1.54, 1.807) is 6.92 Å². The Balaban J connectivity index is 2.37. The first-order valence-corrected chi connectivity index (χ1v) is 7.59. The van der Waals surface area contributed by atoms with Gasteiger partial charge >= 0.3 is 5.97 Å². The molecule has 0 unspecified atom stereocenters. The number of esters is 1. The molecule has 0 spiro atoms. The summed E-state index contributed by atoms with van der Waals surface area (Å²) in [6.45, 7) is 9.08. The predicted molar refractivity (Wildman–Crippen MR) is 84.4 cm³/mol. The summed E-state index contributed by atoms with van der Waals surface area (Å²) in [5.41, 5.74) is 2.80. The van der Waals surface area contributed by atoms with E-state index in [1.165, 1.54) is 0 Å². The lowest BCUT2D eigenvalue weighted by Gasteiger charge is -2.19. The van der Waals surface area contributed by atoms with Gasteiger partial charge in [0.05, 0.1) is 6.61 Å². The first kappa shape index (κ1) is 16.2. The number of hydrogen-bond donors (Lipinski definition) is 1. The van der Waals surface area contributed by atoms with Crippen molar-refractivity contribution in [3.8, 4) is 11.3 Å². The van der Waals surface area contributed by atoms with Crippen LogP contribution in [0.5, 0.6) is 0 Å². The second-order valence-corrected chi connectivity index (χ2v) is 4.86. The van der Waals surface area contributed by atoms with Crippen molar-refractivity contribution < 1.29 is 9.53 Å². The topological polar surface area (TPSA) is 71.1 Å². The molecule has 22 heavy (non-hydrogen) atoms. The third-order valence-electron chi connectivity index (χ3n) is 3.58. The molecule has 2 rings (SSSR count). The molecule has 0 fully saturated rings.